The monoisotopic (exact) mass is 253 g/mol. The van der Waals surface area contributed by atoms with Crippen molar-refractivity contribution in [2.45, 2.75) is 19.9 Å². The van der Waals surface area contributed by atoms with Crippen LogP contribution < -0.4 is 11.1 Å². The first-order valence-electron chi connectivity index (χ1n) is 5.02. The van der Waals surface area contributed by atoms with E-state index >= 15 is 0 Å². The maximum absolute atomic E-state index is 5.97. The van der Waals surface area contributed by atoms with E-state index < -0.39 is 0 Å². The molecule has 90 valence electrons. The highest BCUT2D eigenvalue weighted by atomic mass is 35.5. The Balaban J connectivity index is 2.18. The molecule has 0 bridgehead atoms. The van der Waals surface area contributed by atoms with Gasteiger partial charge in [0.2, 0.25) is 5.89 Å². The highest BCUT2D eigenvalue weighted by molar-refractivity contribution is 6.35. The van der Waals surface area contributed by atoms with Gasteiger partial charge in [0.25, 0.3) is 0 Å². The van der Waals surface area contributed by atoms with Crippen LogP contribution in [0.25, 0.3) is 0 Å². The number of halogens is 1. The number of nitrogens with zero attached hydrogens (tertiary/aromatic N) is 3. The summed E-state index contributed by atoms with van der Waals surface area (Å²) in [5, 5.41) is 3.36. The third-order valence-corrected chi connectivity index (χ3v) is 2.55. The van der Waals surface area contributed by atoms with Crippen molar-refractivity contribution in [3.8, 4) is 0 Å². The number of rotatable bonds is 3. The standard InChI is InChI=1S/C10H12ClN5O/c1-5-3-13-10(17-5)6(2)16-9-7(11)8(12)14-4-15-9/h3-4,6H,1-2H3,(H3,12,14,15,16). The predicted molar refractivity (Wildman–Crippen MR) is 64.7 cm³/mol. The molecular formula is C10H12ClN5O. The Kier molecular flexibility index (Phi) is 3.14. The summed E-state index contributed by atoms with van der Waals surface area (Å²) in [5.74, 6) is 2.01. The number of anilines is 2. The van der Waals surface area contributed by atoms with Gasteiger partial charge >= 0.3 is 0 Å². The molecule has 0 spiro atoms. The molecule has 6 nitrogen and oxygen atoms in total. The van der Waals surface area contributed by atoms with Gasteiger partial charge in [0.15, 0.2) is 5.82 Å². The molecule has 2 aromatic heterocycles. The van der Waals surface area contributed by atoms with Crippen LogP contribution in [-0.2, 0) is 0 Å². The summed E-state index contributed by atoms with van der Waals surface area (Å²) in [6, 6.07) is -0.157. The number of hydrogen-bond donors (Lipinski definition) is 2. The lowest BCUT2D eigenvalue weighted by molar-refractivity contribution is 0.453. The third kappa shape index (κ3) is 2.47. The molecule has 3 N–H and O–H groups in total. The predicted octanol–water partition coefficient (Wildman–Crippen LogP) is 2.18. The molecule has 1 atom stereocenters. The van der Waals surface area contributed by atoms with E-state index in [9.17, 15) is 0 Å². The maximum atomic E-state index is 5.97. The van der Waals surface area contributed by atoms with Crippen molar-refractivity contribution in [3.63, 3.8) is 0 Å². The second-order valence-corrected chi connectivity index (χ2v) is 3.97. The fourth-order valence-electron chi connectivity index (χ4n) is 1.32. The molecule has 0 aromatic carbocycles. The van der Waals surface area contributed by atoms with E-state index in [1.54, 1.807) is 6.20 Å². The van der Waals surface area contributed by atoms with E-state index in [0.717, 1.165) is 5.76 Å². The van der Waals surface area contributed by atoms with Crippen LogP contribution in [0.4, 0.5) is 11.6 Å². The van der Waals surface area contributed by atoms with Crippen LogP contribution in [0.1, 0.15) is 24.6 Å². The fourth-order valence-corrected chi connectivity index (χ4v) is 1.48. The molecule has 2 aromatic rings. The Morgan fingerprint density at radius 2 is 2.18 bits per heavy atom. The first kappa shape index (κ1) is 11.7. The molecular weight excluding hydrogens is 242 g/mol. The van der Waals surface area contributed by atoms with Crippen molar-refractivity contribution >= 4 is 23.2 Å². The quantitative estimate of drug-likeness (QED) is 0.871. The molecule has 7 heteroatoms. The lowest BCUT2D eigenvalue weighted by atomic mass is 10.3. The van der Waals surface area contributed by atoms with Gasteiger partial charge in [0, 0.05) is 0 Å². The topological polar surface area (TPSA) is 89.9 Å². The molecule has 17 heavy (non-hydrogen) atoms. The van der Waals surface area contributed by atoms with E-state index in [1.807, 2.05) is 13.8 Å². The Labute approximate surface area is 103 Å². The van der Waals surface area contributed by atoms with Gasteiger partial charge in [-0.3, -0.25) is 0 Å². The Bertz CT molecular complexity index is 527. The summed E-state index contributed by atoms with van der Waals surface area (Å²) in [6.45, 7) is 3.72. The minimum absolute atomic E-state index is 0.157. The largest absolute Gasteiger partial charge is 0.444 e. The Morgan fingerprint density at radius 3 is 2.82 bits per heavy atom. The molecule has 0 aliphatic heterocycles. The van der Waals surface area contributed by atoms with Crippen molar-refractivity contribution < 1.29 is 4.42 Å². The van der Waals surface area contributed by atoms with Crippen LogP contribution in [0.5, 0.6) is 0 Å². The molecule has 2 rings (SSSR count). The highest BCUT2D eigenvalue weighted by Gasteiger charge is 2.14. The number of aryl methyl sites for hydroxylation is 1. The second kappa shape index (κ2) is 4.58. The van der Waals surface area contributed by atoms with E-state index in [-0.39, 0.29) is 11.9 Å². The molecule has 0 aliphatic carbocycles. The van der Waals surface area contributed by atoms with E-state index in [4.69, 9.17) is 21.8 Å². The van der Waals surface area contributed by atoms with Crippen molar-refractivity contribution in [1.29, 1.82) is 0 Å². The number of oxazole rings is 1. The first-order chi connectivity index (χ1) is 8.08. The molecule has 0 amide bonds. The zero-order chi connectivity index (χ0) is 12.4. The molecule has 2 heterocycles. The summed E-state index contributed by atoms with van der Waals surface area (Å²) in [4.78, 5) is 11.9. The van der Waals surface area contributed by atoms with Crippen LogP contribution in [0.2, 0.25) is 5.02 Å². The number of nitrogens with one attached hydrogen (secondary N) is 1. The smallest absolute Gasteiger partial charge is 0.216 e. The van der Waals surface area contributed by atoms with Crippen LogP contribution in [0.15, 0.2) is 16.9 Å². The average Bonchev–Trinajstić information content (AvgIpc) is 2.72. The van der Waals surface area contributed by atoms with E-state index in [2.05, 4.69) is 20.3 Å². The van der Waals surface area contributed by atoms with Crippen molar-refractivity contribution in [3.05, 3.63) is 29.2 Å². The number of aromatic nitrogens is 3. The third-order valence-electron chi connectivity index (χ3n) is 2.18. The molecule has 0 saturated carbocycles. The zero-order valence-corrected chi connectivity index (χ0v) is 10.2. The van der Waals surface area contributed by atoms with E-state index in [0.29, 0.717) is 16.7 Å². The summed E-state index contributed by atoms with van der Waals surface area (Å²) >= 11 is 5.97. The van der Waals surface area contributed by atoms with Crippen LogP contribution >= 0.6 is 11.6 Å². The Hall–Kier alpha value is -1.82. The van der Waals surface area contributed by atoms with Crippen LogP contribution in [-0.4, -0.2) is 15.0 Å². The van der Waals surface area contributed by atoms with Crippen molar-refractivity contribution in [2.75, 3.05) is 11.1 Å². The maximum Gasteiger partial charge on any atom is 0.216 e. The van der Waals surface area contributed by atoms with Gasteiger partial charge in [-0.25, -0.2) is 15.0 Å². The van der Waals surface area contributed by atoms with Crippen molar-refractivity contribution in [1.82, 2.24) is 15.0 Å². The molecule has 0 fully saturated rings. The molecule has 0 radical (unpaired) electrons. The molecule has 0 aliphatic rings. The van der Waals surface area contributed by atoms with Gasteiger partial charge in [-0.05, 0) is 13.8 Å². The van der Waals surface area contributed by atoms with E-state index in [1.165, 1.54) is 6.33 Å². The van der Waals surface area contributed by atoms with Gasteiger partial charge in [-0.1, -0.05) is 11.6 Å². The van der Waals surface area contributed by atoms with Gasteiger partial charge in [-0.2, -0.15) is 0 Å². The van der Waals surface area contributed by atoms with Crippen LogP contribution in [0.3, 0.4) is 0 Å². The zero-order valence-electron chi connectivity index (χ0n) is 9.44. The summed E-state index contributed by atoms with van der Waals surface area (Å²) in [7, 11) is 0. The fraction of sp³-hybridized carbons (Fsp3) is 0.300. The van der Waals surface area contributed by atoms with Gasteiger partial charge in [0.05, 0.1) is 6.20 Å². The van der Waals surface area contributed by atoms with Gasteiger partial charge in [-0.15, -0.1) is 0 Å². The van der Waals surface area contributed by atoms with Gasteiger partial charge < -0.3 is 15.5 Å². The second-order valence-electron chi connectivity index (χ2n) is 3.60. The lowest BCUT2D eigenvalue weighted by Gasteiger charge is -2.12. The SMILES string of the molecule is Cc1cnc(C(C)Nc2ncnc(N)c2Cl)o1. The first-order valence-corrected chi connectivity index (χ1v) is 5.40. The van der Waals surface area contributed by atoms with Crippen molar-refractivity contribution in [2.24, 2.45) is 0 Å². The Morgan fingerprint density at radius 1 is 1.41 bits per heavy atom. The highest BCUT2D eigenvalue weighted by Crippen LogP contribution is 2.26. The molecule has 0 saturated heterocycles. The van der Waals surface area contributed by atoms with Gasteiger partial charge in [0.1, 0.15) is 29.0 Å². The summed E-state index contributed by atoms with van der Waals surface area (Å²) in [6.07, 6.45) is 3.00. The normalized spacial score (nSPS) is 12.4. The lowest BCUT2D eigenvalue weighted by Crippen LogP contribution is -2.09. The minimum atomic E-state index is -0.157. The number of hydrogen-bond acceptors (Lipinski definition) is 6. The average molecular weight is 254 g/mol. The summed E-state index contributed by atoms with van der Waals surface area (Å²) < 4.78 is 5.40. The minimum Gasteiger partial charge on any atom is -0.444 e. The molecule has 1 unspecified atom stereocenters. The number of nitrogens with two attached hydrogens (primary N) is 1. The summed E-state index contributed by atoms with van der Waals surface area (Å²) in [5.41, 5.74) is 5.58. The van der Waals surface area contributed by atoms with Crippen LogP contribution in [0, 0.1) is 6.92 Å². The number of nitrogen functional groups attached to an aromatic ring is 1.